The maximum Gasteiger partial charge on any atom is 0.227 e. The Morgan fingerprint density at radius 1 is 1.40 bits per heavy atom. The second-order valence-corrected chi connectivity index (χ2v) is 3.46. The summed E-state index contributed by atoms with van der Waals surface area (Å²) in [6, 6.07) is 5.84. The number of carbonyl (C=O) groups excluding carboxylic acids is 1. The average molecular weight is 204 g/mol. The topological polar surface area (TPSA) is 44.1 Å². The van der Waals surface area contributed by atoms with Gasteiger partial charge in [-0.25, -0.2) is 4.39 Å². The Morgan fingerprint density at radius 2 is 2.20 bits per heavy atom. The minimum absolute atomic E-state index is 0.00973. The molecule has 76 valence electrons. The first-order chi connectivity index (χ1) is 7.20. The second-order valence-electron chi connectivity index (χ2n) is 3.46. The van der Waals surface area contributed by atoms with Crippen LogP contribution in [0.1, 0.15) is 18.4 Å². The standard InChI is InChI=1S/C11H9FN2O/c12-9-4-8(7-13)5-10(6-9)14-3-1-2-11(14)15/h4-6H,1-3H2. The van der Waals surface area contributed by atoms with Crippen molar-refractivity contribution in [1.29, 1.82) is 5.26 Å². The molecule has 0 saturated carbocycles. The van der Waals surface area contributed by atoms with Crippen molar-refractivity contribution in [2.75, 3.05) is 11.4 Å². The molecule has 0 radical (unpaired) electrons. The van der Waals surface area contributed by atoms with Crippen LogP contribution in [0.15, 0.2) is 18.2 Å². The predicted octanol–water partition coefficient (Wildman–Crippen LogP) is 1.82. The highest BCUT2D eigenvalue weighted by Gasteiger charge is 2.22. The van der Waals surface area contributed by atoms with Crippen LogP contribution in [0, 0.1) is 17.1 Å². The van der Waals surface area contributed by atoms with Crippen LogP contribution in [-0.4, -0.2) is 12.5 Å². The van der Waals surface area contributed by atoms with E-state index in [2.05, 4.69) is 0 Å². The lowest BCUT2D eigenvalue weighted by Crippen LogP contribution is -2.23. The Balaban J connectivity index is 2.40. The number of carbonyl (C=O) groups is 1. The van der Waals surface area contributed by atoms with Crippen molar-refractivity contribution >= 4 is 11.6 Å². The molecule has 1 aliphatic rings. The summed E-state index contributed by atoms with van der Waals surface area (Å²) in [7, 11) is 0. The molecule has 1 saturated heterocycles. The quantitative estimate of drug-likeness (QED) is 0.700. The van der Waals surface area contributed by atoms with E-state index in [9.17, 15) is 9.18 Å². The molecule has 1 aliphatic heterocycles. The van der Waals surface area contributed by atoms with Crippen LogP contribution in [0.4, 0.5) is 10.1 Å². The lowest BCUT2D eigenvalue weighted by atomic mass is 10.2. The molecule has 4 heteroatoms. The Bertz CT molecular complexity index is 450. The predicted molar refractivity (Wildman–Crippen MR) is 52.7 cm³/mol. The summed E-state index contributed by atoms with van der Waals surface area (Å²) >= 11 is 0. The fourth-order valence-corrected chi connectivity index (χ4v) is 1.72. The van der Waals surface area contributed by atoms with Gasteiger partial charge >= 0.3 is 0 Å². The van der Waals surface area contributed by atoms with Gasteiger partial charge in [0, 0.05) is 18.7 Å². The summed E-state index contributed by atoms with van der Waals surface area (Å²) in [5, 5.41) is 8.68. The molecule has 1 fully saturated rings. The average Bonchev–Trinajstić information content (AvgIpc) is 2.63. The van der Waals surface area contributed by atoms with Gasteiger partial charge in [0.05, 0.1) is 11.6 Å². The first-order valence-corrected chi connectivity index (χ1v) is 4.72. The Hall–Kier alpha value is -1.89. The number of hydrogen-bond acceptors (Lipinski definition) is 2. The number of hydrogen-bond donors (Lipinski definition) is 0. The van der Waals surface area contributed by atoms with Crippen LogP contribution < -0.4 is 4.90 Å². The van der Waals surface area contributed by atoms with Crippen molar-refractivity contribution in [1.82, 2.24) is 0 Å². The molecular weight excluding hydrogens is 195 g/mol. The van der Waals surface area contributed by atoms with Crippen LogP contribution >= 0.6 is 0 Å². The van der Waals surface area contributed by atoms with Crippen LogP contribution in [0.2, 0.25) is 0 Å². The summed E-state index contributed by atoms with van der Waals surface area (Å²) in [6.07, 6.45) is 1.29. The molecule has 1 aromatic carbocycles. The van der Waals surface area contributed by atoms with E-state index < -0.39 is 5.82 Å². The summed E-state index contributed by atoms with van der Waals surface area (Å²) in [4.78, 5) is 12.9. The Labute approximate surface area is 86.7 Å². The van der Waals surface area contributed by atoms with E-state index in [1.54, 1.807) is 0 Å². The molecule has 0 atom stereocenters. The minimum atomic E-state index is -0.483. The van der Waals surface area contributed by atoms with E-state index in [1.807, 2.05) is 6.07 Å². The molecule has 0 unspecified atom stereocenters. The first kappa shape index (κ1) is 9.66. The molecule has 0 aromatic heterocycles. The van der Waals surface area contributed by atoms with E-state index in [0.717, 1.165) is 12.5 Å². The Kier molecular flexibility index (Phi) is 2.38. The number of nitrogens with zero attached hydrogens (tertiary/aromatic N) is 2. The molecule has 1 heterocycles. The molecule has 15 heavy (non-hydrogen) atoms. The molecule has 0 bridgehead atoms. The molecule has 3 nitrogen and oxygen atoms in total. The first-order valence-electron chi connectivity index (χ1n) is 4.72. The van der Waals surface area contributed by atoms with E-state index in [-0.39, 0.29) is 11.5 Å². The van der Waals surface area contributed by atoms with E-state index in [0.29, 0.717) is 18.7 Å². The maximum absolute atomic E-state index is 13.1. The van der Waals surface area contributed by atoms with Gasteiger partial charge < -0.3 is 4.90 Å². The van der Waals surface area contributed by atoms with Crippen LogP contribution in [0.5, 0.6) is 0 Å². The zero-order valence-corrected chi connectivity index (χ0v) is 8.03. The van der Waals surface area contributed by atoms with Crippen molar-refractivity contribution in [2.45, 2.75) is 12.8 Å². The normalized spacial score (nSPS) is 15.5. The lowest BCUT2D eigenvalue weighted by molar-refractivity contribution is -0.117. The number of halogens is 1. The lowest BCUT2D eigenvalue weighted by Gasteiger charge is -2.15. The maximum atomic E-state index is 13.1. The summed E-state index contributed by atoms with van der Waals surface area (Å²) < 4.78 is 13.1. The summed E-state index contributed by atoms with van der Waals surface area (Å²) in [5.74, 6) is -0.492. The highest BCUT2D eigenvalue weighted by atomic mass is 19.1. The fourth-order valence-electron chi connectivity index (χ4n) is 1.72. The number of nitriles is 1. The van der Waals surface area contributed by atoms with E-state index >= 15 is 0 Å². The number of rotatable bonds is 1. The third kappa shape index (κ3) is 1.82. The Morgan fingerprint density at radius 3 is 2.80 bits per heavy atom. The SMILES string of the molecule is N#Cc1cc(F)cc(N2CCCC2=O)c1. The molecule has 2 rings (SSSR count). The van der Waals surface area contributed by atoms with Crippen molar-refractivity contribution in [3.8, 4) is 6.07 Å². The highest BCUT2D eigenvalue weighted by molar-refractivity contribution is 5.95. The highest BCUT2D eigenvalue weighted by Crippen LogP contribution is 2.23. The van der Waals surface area contributed by atoms with Gasteiger partial charge in [-0.2, -0.15) is 5.26 Å². The van der Waals surface area contributed by atoms with E-state index in [4.69, 9.17) is 5.26 Å². The van der Waals surface area contributed by atoms with Gasteiger partial charge in [0.1, 0.15) is 5.82 Å². The molecule has 0 aliphatic carbocycles. The molecule has 1 aromatic rings. The molecular formula is C11H9FN2O. The summed E-state index contributed by atoms with van der Waals surface area (Å²) in [6.45, 7) is 0.604. The molecule has 0 spiro atoms. The molecule has 0 N–H and O–H groups in total. The van der Waals surface area contributed by atoms with Gasteiger partial charge in [-0.1, -0.05) is 0 Å². The fraction of sp³-hybridized carbons (Fsp3) is 0.273. The molecule has 1 amide bonds. The van der Waals surface area contributed by atoms with Gasteiger partial charge in [0.25, 0.3) is 0 Å². The van der Waals surface area contributed by atoms with Crippen molar-refractivity contribution < 1.29 is 9.18 Å². The number of amides is 1. The van der Waals surface area contributed by atoms with Gasteiger partial charge in [-0.3, -0.25) is 4.79 Å². The second kappa shape index (κ2) is 3.70. The van der Waals surface area contributed by atoms with Crippen molar-refractivity contribution in [2.24, 2.45) is 0 Å². The monoisotopic (exact) mass is 204 g/mol. The van der Waals surface area contributed by atoms with Crippen molar-refractivity contribution in [3.05, 3.63) is 29.6 Å². The van der Waals surface area contributed by atoms with Crippen LogP contribution in [0.3, 0.4) is 0 Å². The van der Waals surface area contributed by atoms with Crippen molar-refractivity contribution in [3.63, 3.8) is 0 Å². The zero-order valence-electron chi connectivity index (χ0n) is 8.03. The summed E-state index contributed by atoms with van der Waals surface area (Å²) in [5.41, 5.74) is 0.721. The third-order valence-corrected chi connectivity index (χ3v) is 2.40. The largest absolute Gasteiger partial charge is 0.312 e. The minimum Gasteiger partial charge on any atom is -0.312 e. The number of anilines is 1. The zero-order chi connectivity index (χ0) is 10.8. The third-order valence-electron chi connectivity index (χ3n) is 2.40. The van der Waals surface area contributed by atoms with Gasteiger partial charge in [0.15, 0.2) is 0 Å². The van der Waals surface area contributed by atoms with Gasteiger partial charge in [-0.05, 0) is 24.6 Å². The van der Waals surface area contributed by atoms with E-state index in [1.165, 1.54) is 17.0 Å². The van der Waals surface area contributed by atoms with Crippen LogP contribution in [0.25, 0.3) is 0 Å². The smallest absolute Gasteiger partial charge is 0.227 e. The van der Waals surface area contributed by atoms with Gasteiger partial charge in [0.2, 0.25) is 5.91 Å². The van der Waals surface area contributed by atoms with Gasteiger partial charge in [-0.15, -0.1) is 0 Å². The van der Waals surface area contributed by atoms with Crippen LogP contribution in [-0.2, 0) is 4.79 Å². The number of benzene rings is 1.